The molecule has 9 heteroatoms. The number of carbonyl (C=O) groups excluding carboxylic acids is 2. The number of nitrogens with one attached hydrogen (secondary N) is 2. The summed E-state index contributed by atoms with van der Waals surface area (Å²) < 4.78 is 6.63. The molecule has 0 atom stereocenters. The van der Waals surface area contributed by atoms with Crippen molar-refractivity contribution >= 4 is 57.2 Å². The van der Waals surface area contributed by atoms with E-state index in [0.29, 0.717) is 21.4 Å². The van der Waals surface area contributed by atoms with Gasteiger partial charge in [-0.25, -0.2) is 5.43 Å². The van der Waals surface area contributed by atoms with E-state index in [2.05, 4.69) is 31.8 Å². The molecule has 2 amide bonds. The van der Waals surface area contributed by atoms with Crippen molar-refractivity contribution in [1.82, 2.24) is 10.7 Å². The van der Waals surface area contributed by atoms with E-state index in [9.17, 15) is 9.59 Å². The van der Waals surface area contributed by atoms with Crippen molar-refractivity contribution in [2.45, 2.75) is 26.5 Å². The molecule has 0 bridgehead atoms. The summed E-state index contributed by atoms with van der Waals surface area (Å²) >= 11 is 15.4. The summed E-state index contributed by atoms with van der Waals surface area (Å²) in [6.07, 6.45) is 1.39. The first-order valence-corrected chi connectivity index (χ1v) is 9.81. The molecule has 0 heterocycles. The third-order valence-corrected chi connectivity index (χ3v) is 4.45. The van der Waals surface area contributed by atoms with Gasteiger partial charge in [-0.3, -0.25) is 9.59 Å². The molecule has 0 aliphatic rings. The second kappa shape index (κ2) is 10.5. The van der Waals surface area contributed by atoms with Crippen LogP contribution in [0.25, 0.3) is 0 Å². The lowest BCUT2D eigenvalue weighted by atomic mass is 10.2. The monoisotopic (exact) mass is 485 g/mol. The molecule has 0 saturated carbocycles. The lowest BCUT2D eigenvalue weighted by Gasteiger charge is -2.11. The van der Waals surface area contributed by atoms with Crippen molar-refractivity contribution in [3.05, 3.63) is 62.0 Å². The summed E-state index contributed by atoms with van der Waals surface area (Å²) in [7, 11) is 0. The summed E-state index contributed by atoms with van der Waals surface area (Å²) in [5.41, 5.74) is 3.56. The SMILES string of the molecule is CC(C)NC(=O)C(=O)N/N=C\c1cc(Br)ccc1OCc1ccc(Cl)cc1Cl. The molecule has 28 heavy (non-hydrogen) atoms. The molecule has 0 aromatic heterocycles. The van der Waals surface area contributed by atoms with Gasteiger partial charge in [0.15, 0.2) is 0 Å². The number of carbonyl (C=O) groups is 2. The zero-order valence-corrected chi connectivity index (χ0v) is 18.2. The van der Waals surface area contributed by atoms with Gasteiger partial charge in [-0.2, -0.15) is 5.10 Å². The van der Waals surface area contributed by atoms with Crippen LogP contribution in [0.3, 0.4) is 0 Å². The molecule has 148 valence electrons. The van der Waals surface area contributed by atoms with Crippen LogP contribution < -0.4 is 15.5 Å². The highest BCUT2D eigenvalue weighted by molar-refractivity contribution is 9.10. The molecular formula is C19H18BrCl2N3O3. The molecule has 2 aromatic rings. The van der Waals surface area contributed by atoms with Gasteiger partial charge in [-0.05, 0) is 44.2 Å². The number of rotatable bonds is 6. The minimum absolute atomic E-state index is 0.146. The van der Waals surface area contributed by atoms with Crippen molar-refractivity contribution in [3.63, 3.8) is 0 Å². The zero-order chi connectivity index (χ0) is 20.7. The third-order valence-electron chi connectivity index (χ3n) is 3.37. The van der Waals surface area contributed by atoms with Crippen LogP contribution in [0.15, 0.2) is 46.0 Å². The smallest absolute Gasteiger partial charge is 0.329 e. The number of halogens is 3. The minimum atomic E-state index is -0.852. The normalized spacial score (nSPS) is 10.9. The van der Waals surface area contributed by atoms with E-state index in [1.807, 2.05) is 6.07 Å². The molecule has 0 fully saturated rings. The summed E-state index contributed by atoms with van der Waals surface area (Å²) in [4.78, 5) is 23.3. The number of hydrazone groups is 1. The number of ether oxygens (including phenoxy) is 1. The Morgan fingerprint density at radius 2 is 1.93 bits per heavy atom. The maximum absolute atomic E-state index is 11.7. The van der Waals surface area contributed by atoms with E-state index in [1.165, 1.54) is 6.21 Å². The molecular weight excluding hydrogens is 469 g/mol. The maximum atomic E-state index is 11.7. The Kier molecular flexibility index (Phi) is 8.29. The average Bonchev–Trinajstić information content (AvgIpc) is 2.61. The van der Waals surface area contributed by atoms with Crippen LogP contribution in [0.1, 0.15) is 25.0 Å². The highest BCUT2D eigenvalue weighted by Crippen LogP contribution is 2.25. The van der Waals surface area contributed by atoms with Crippen LogP contribution in [0, 0.1) is 0 Å². The first kappa shape index (κ1) is 22.2. The Morgan fingerprint density at radius 1 is 1.18 bits per heavy atom. The van der Waals surface area contributed by atoms with E-state index in [0.717, 1.165) is 10.0 Å². The quantitative estimate of drug-likeness (QED) is 0.362. The molecule has 2 N–H and O–H groups in total. The van der Waals surface area contributed by atoms with E-state index >= 15 is 0 Å². The molecule has 0 saturated heterocycles. The van der Waals surface area contributed by atoms with Crippen molar-refractivity contribution in [1.29, 1.82) is 0 Å². The predicted molar refractivity (Wildman–Crippen MR) is 114 cm³/mol. The molecule has 0 aliphatic carbocycles. The second-order valence-electron chi connectivity index (χ2n) is 6.03. The molecule has 0 unspecified atom stereocenters. The highest BCUT2D eigenvalue weighted by Gasteiger charge is 2.13. The number of amides is 2. The fourth-order valence-corrected chi connectivity index (χ4v) is 2.93. The van der Waals surface area contributed by atoms with Gasteiger partial charge in [0, 0.05) is 31.7 Å². The van der Waals surface area contributed by atoms with E-state index in [1.54, 1.807) is 44.2 Å². The zero-order valence-electron chi connectivity index (χ0n) is 15.1. The van der Waals surface area contributed by atoms with E-state index in [-0.39, 0.29) is 12.6 Å². The molecule has 2 aromatic carbocycles. The largest absolute Gasteiger partial charge is 0.488 e. The topological polar surface area (TPSA) is 79.8 Å². The Labute approximate surface area is 181 Å². The lowest BCUT2D eigenvalue weighted by molar-refractivity contribution is -0.139. The standard InChI is InChI=1S/C19H18BrCl2N3O3/c1-11(2)24-18(26)19(27)25-23-9-13-7-14(20)4-6-17(13)28-10-12-3-5-15(21)8-16(12)22/h3-9,11H,10H2,1-2H3,(H,24,26)(H,25,27)/b23-9-. The Hall–Kier alpha value is -2.09. The third kappa shape index (κ3) is 6.82. The van der Waals surface area contributed by atoms with E-state index in [4.69, 9.17) is 27.9 Å². The number of nitrogens with zero attached hydrogens (tertiary/aromatic N) is 1. The summed E-state index contributed by atoms with van der Waals surface area (Å²) in [6.45, 7) is 3.74. The van der Waals surface area contributed by atoms with Crippen molar-refractivity contribution in [2.75, 3.05) is 0 Å². The fraction of sp³-hybridized carbons (Fsp3) is 0.211. The van der Waals surface area contributed by atoms with Gasteiger partial charge in [-0.1, -0.05) is 45.2 Å². The minimum Gasteiger partial charge on any atom is -0.488 e. The highest BCUT2D eigenvalue weighted by atomic mass is 79.9. The first-order valence-electron chi connectivity index (χ1n) is 8.26. The Bertz CT molecular complexity index is 904. The summed E-state index contributed by atoms with van der Waals surface area (Å²) in [5.74, 6) is -1.08. The van der Waals surface area contributed by atoms with Gasteiger partial charge >= 0.3 is 11.8 Å². The van der Waals surface area contributed by atoms with Crippen LogP contribution in [-0.4, -0.2) is 24.1 Å². The van der Waals surface area contributed by atoms with Gasteiger partial charge < -0.3 is 10.1 Å². The summed E-state index contributed by atoms with van der Waals surface area (Å²) in [6, 6.07) is 10.3. The van der Waals surface area contributed by atoms with E-state index < -0.39 is 11.8 Å². The van der Waals surface area contributed by atoms with Gasteiger partial charge in [-0.15, -0.1) is 0 Å². The number of hydrogen-bond donors (Lipinski definition) is 2. The van der Waals surface area contributed by atoms with Crippen LogP contribution >= 0.6 is 39.1 Å². The van der Waals surface area contributed by atoms with Crippen LogP contribution in [-0.2, 0) is 16.2 Å². The second-order valence-corrected chi connectivity index (χ2v) is 7.79. The molecule has 0 radical (unpaired) electrons. The number of hydrogen-bond acceptors (Lipinski definition) is 4. The Morgan fingerprint density at radius 3 is 2.61 bits per heavy atom. The van der Waals surface area contributed by atoms with Crippen molar-refractivity contribution < 1.29 is 14.3 Å². The Balaban J connectivity index is 2.07. The maximum Gasteiger partial charge on any atom is 0.329 e. The van der Waals surface area contributed by atoms with Gasteiger partial charge in [0.05, 0.1) is 6.21 Å². The van der Waals surface area contributed by atoms with Crippen LogP contribution in [0.5, 0.6) is 5.75 Å². The predicted octanol–water partition coefficient (Wildman–Crippen LogP) is 4.31. The van der Waals surface area contributed by atoms with Crippen molar-refractivity contribution in [3.8, 4) is 5.75 Å². The van der Waals surface area contributed by atoms with Crippen LogP contribution in [0.4, 0.5) is 0 Å². The van der Waals surface area contributed by atoms with Gasteiger partial charge in [0.25, 0.3) is 0 Å². The van der Waals surface area contributed by atoms with Crippen LogP contribution in [0.2, 0.25) is 10.0 Å². The fourth-order valence-electron chi connectivity index (χ4n) is 2.08. The van der Waals surface area contributed by atoms with Gasteiger partial charge in [0.2, 0.25) is 0 Å². The average molecular weight is 487 g/mol. The van der Waals surface area contributed by atoms with Crippen molar-refractivity contribution in [2.24, 2.45) is 5.10 Å². The molecule has 0 spiro atoms. The lowest BCUT2D eigenvalue weighted by Crippen LogP contribution is -2.41. The molecule has 0 aliphatic heterocycles. The van der Waals surface area contributed by atoms with Gasteiger partial charge in [0.1, 0.15) is 12.4 Å². The first-order chi connectivity index (χ1) is 13.3. The molecule has 2 rings (SSSR count). The molecule has 6 nitrogen and oxygen atoms in total. The number of benzene rings is 2. The summed E-state index contributed by atoms with van der Waals surface area (Å²) in [5, 5.41) is 7.35.